The molecule has 2 aromatic heterocycles. The summed E-state index contributed by atoms with van der Waals surface area (Å²) in [6.45, 7) is 0.707. The van der Waals surface area contributed by atoms with Crippen molar-refractivity contribution in [1.29, 1.82) is 0 Å². The van der Waals surface area contributed by atoms with Gasteiger partial charge in [-0.25, -0.2) is 9.78 Å². The fourth-order valence-corrected chi connectivity index (χ4v) is 2.01. The molecule has 0 radical (unpaired) electrons. The first kappa shape index (κ1) is 12.7. The zero-order valence-corrected chi connectivity index (χ0v) is 11.2. The van der Waals surface area contributed by atoms with Crippen LogP contribution in [0.5, 0.6) is 5.75 Å². The Bertz CT molecular complexity index is 777. The van der Waals surface area contributed by atoms with Crippen molar-refractivity contribution in [3.05, 3.63) is 58.2 Å². The van der Waals surface area contributed by atoms with Crippen LogP contribution in [-0.4, -0.2) is 16.2 Å². The van der Waals surface area contributed by atoms with Gasteiger partial charge in [-0.15, -0.1) is 0 Å². The molecule has 0 fully saturated rings. The molecule has 0 amide bonds. The predicted molar refractivity (Wildman–Crippen MR) is 75.2 cm³/mol. The van der Waals surface area contributed by atoms with Gasteiger partial charge >= 0.3 is 5.76 Å². The molecule has 3 rings (SSSR count). The lowest BCUT2D eigenvalue weighted by Crippen LogP contribution is -2.19. The molecule has 0 saturated heterocycles. The van der Waals surface area contributed by atoms with Crippen LogP contribution >= 0.6 is 11.6 Å². The van der Waals surface area contributed by atoms with Crippen molar-refractivity contribution in [2.24, 2.45) is 0 Å². The van der Waals surface area contributed by atoms with Crippen molar-refractivity contribution in [2.75, 3.05) is 6.61 Å². The summed E-state index contributed by atoms with van der Waals surface area (Å²) in [4.78, 5) is 15.8. The summed E-state index contributed by atoms with van der Waals surface area (Å²) in [5.41, 5.74) is 1.00. The lowest BCUT2D eigenvalue weighted by atomic mass is 10.3. The van der Waals surface area contributed by atoms with E-state index in [4.69, 9.17) is 20.8 Å². The molecule has 0 saturated carbocycles. The average Bonchev–Trinajstić information content (AvgIpc) is 2.77. The molecule has 0 N–H and O–H groups in total. The maximum absolute atomic E-state index is 11.7. The van der Waals surface area contributed by atoms with E-state index >= 15 is 0 Å². The minimum Gasteiger partial charge on any atom is -0.492 e. The molecule has 3 aromatic rings. The van der Waals surface area contributed by atoms with E-state index in [0.717, 1.165) is 0 Å². The van der Waals surface area contributed by atoms with Gasteiger partial charge in [-0.3, -0.25) is 4.57 Å². The van der Waals surface area contributed by atoms with Crippen LogP contribution in [0.4, 0.5) is 0 Å². The molecular weight excluding hydrogens is 280 g/mol. The lowest BCUT2D eigenvalue weighted by molar-refractivity contribution is 0.294. The third-order valence-corrected chi connectivity index (χ3v) is 3.07. The highest BCUT2D eigenvalue weighted by Crippen LogP contribution is 2.15. The molecule has 0 unspecified atom stereocenters. The van der Waals surface area contributed by atoms with Gasteiger partial charge < -0.3 is 9.15 Å². The molecule has 102 valence electrons. The number of rotatable bonds is 4. The Labute approximate surface area is 119 Å². The quantitative estimate of drug-likeness (QED) is 0.741. The fraction of sp³-hybridized carbons (Fsp3) is 0.143. The highest BCUT2D eigenvalue weighted by Gasteiger charge is 2.09. The van der Waals surface area contributed by atoms with E-state index in [0.29, 0.717) is 35.2 Å². The number of oxazole rings is 1. The number of hydrogen-bond donors (Lipinski definition) is 0. The second kappa shape index (κ2) is 5.38. The Kier molecular flexibility index (Phi) is 3.43. The summed E-state index contributed by atoms with van der Waals surface area (Å²) >= 11 is 5.79. The van der Waals surface area contributed by atoms with Crippen LogP contribution < -0.4 is 10.5 Å². The van der Waals surface area contributed by atoms with Gasteiger partial charge in [0.1, 0.15) is 12.4 Å². The molecule has 0 spiro atoms. The Balaban J connectivity index is 1.72. The van der Waals surface area contributed by atoms with Gasteiger partial charge in [0.15, 0.2) is 11.2 Å². The molecule has 0 aliphatic rings. The second-order valence-electron chi connectivity index (χ2n) is 4.15. The van der Waals surface area contributed by atoms with Crippen LogP contribution in [-0.2, 0) is 6.54 Å². The largest absolute Gasteiger partial charge is 0.492 e. The van der Waals surface area contributed by atoms with Crippen molar-refractivity contribution < 1.29 is 9.15 Å². The molecular formula is C14H11ClN2O3. The molecule has 0 atom stereocenters. The Morgan fingerprint density at radius 3 is 2.85 bits per heavy atom. The molecule has 0 aliphatic carbocycles. The lowest BCUT2D eigenvalue weighted by Gasteiger charge is -2.06. The summed E-state index contributed by atoms with van der Waals surface area (Å²) in [6, 6.07) is 10.5. The first-order valence-electron chi connectivity index (χ1n) is 6.07. The molecule has 5 nitrogen and oxygen atoms in total. The van der Waals surface area contributed by atoms with E-state index in [1.807, 2.05) is 0 Å². The van der Waals surface area contributed by atoms with Crippen LogP contribution in [0.3, 0.4) is 0 Å². The molecule has 0 bridgehead atoms. The van der Waals surface area contributed by atoms with E-state index in [1.54, 1.807) is 42.6 Å². The highest BCUT2D eigenvalue weighted by atomic mass is 35.5. The standard InChI is InChI=1S/C14H11ClN2O3/c15-10-3-5-11(6-4-10)19-9-8-17-13-12(20-14(17)18)2-1-7-16-13/h1-7H,8-9H2. The van der Waals surface area contributed by atoms with Crippen LogP contribution in [0.1, 0.15) is 0 Å². The van der Waals surface area contributed by atoms with Gasteiger partial charge in [0.05, 0.1) is 6.54 Å². The number of halogens is 1. The minimum atomic E-state index is -0.432. The Morgan fingerprint density at radius 1 is 1.25 bits per heavy atom. The third kappa shape index (κ3) is 2.53. The first-order valence-corrected chi connectivity index (χ1v) is 6.44. The normalized spacial score (nSPS) is 10.8. The van der Waals surface area contributed by atoms with Crippen molar-refractivity contribution in [1.82, 2.24) is 9.55 Å². The first-order chi connectivity index (χ1) is 9.74. The van der Waals surface area contributed by atoms with Crippen LogP contribution in [0.2, 0.25) is 5.02 Å². The van der Waals surface area contributed by atoms with Crippen LogP contribution in [0.25, 0.3) is 11.2 Å². The van der Waals surface area contributed by atoms with Crippen molar-refractivity contribution in [3.63, 3.8) is 0 Å². The van der Waals surface area contributed by atoms with Crippen molar-refractivity contribution in [3.8, 4) is 5.75 Å². The summed E-state index contributed by atoms with van der Waals surface area (Å²) in [7, 11) is 0. The number of aromatic nitrogens is 2. The average molecular weight is 291 g/mol. The van der Waals surface area contributed by atoms with Gasteiger partial charge in [-0.2, -0.15) is 0 Å². The van der Waals surface area contributed by atoms with E-state index < -0.39 is 5.76 Å². The summed E-state index contributed by atoms with van der Waals surface area (Å²) in [5, 5.41) is 0.651. The fourth-order valence-electron chi connectivity index (χ4n) is 1.88. The topological polar surface area (TPSA) is 57.3 Å². The number of hydrogen-bond acceptors (Lipinski definition) is 4. The van der Waals surface area contributed by atoms with Gasteiger partial charge in [-0.1, -0.05) is 11.6 Å². The summed E-state index contributed by atoms with van der Waals surface area (Å²) in [5.74, 6) is 0.265. The van der Waals surface area contributed by atoms with E-state index in [9.17, 15) is 4.79 Å². The number of ether oxygens (including phenoxy) is 1. The molecule has 6 heteroatoms. The minimum absolute atomic E-state index is 0.340. The Hall–Kier alpha value is -2.27. The maximum atomic E-state index is 11.7. The summed E-state index contributed by atoms with van der Waals surface area (Å²) in [6.07, 6.45) is 1.62. The predicted octanol–water partition coefficient (Wildman–Crippen LogP) is 2.72. The molecule has 0 aliphatic heterocycles. The number of pyridine rings is 1. The van der Waals surface area contributed by atoms with E-state index in [2.05, 4.69) is 4.98 Å². The van der Waals surface area contributed by atoms with E-state index in [1.165, 1.54) is 4.57 Å². The van der Waals surface area contributed by atoms with Crippen LogP contribution in [0.15, 0.2) is 51.8 Å². The zero-order chi connectivity index (χ0) is 13.9. The van der Waals surface area contributed by atoms with Crippen molar-refractivity contribution in [2.45, 2.75) is 6.54 Å². The number of fused-ring (bicyclic) bond motifs is 1. The summed E-state index contributed by atoms with van der Waals surface area (Å²) < 4.78 is 12.1. The molecule has 2 heterocycles. The van der Waals surface area contributed by atoms with E-state index in [-0.39, 0.29) is 0 Å². The zero-order valence-electron chi connectivity index (χ0n) is 10.5. The van der Waals surface area contributed by atoms with Gasteiger partial charge in [0, 0.05) is 11.2 Å². The monoisotopic (exact) mass is 290 g/mol. The Morgan fingerprint density at radius 2 is 2.05 bits per heavy atom. The smallest absolute Gasteiger partial charge is 0.421 e. The van der Waals surface area contributed by atoms with Gasteiger partial charge in [0.2, 0.25) is 0 Å². The van der Waals surface area contributed by atoms with Crippen molar-refractivity contribution >= 4 is 22.8 Å². The number of nitrogens with zero attached hydrogens (tertiary/aromatic N) is 2. The van der Waals surface area contributed by atoms with Gasteiger partial charge in [0.25, 0.3) is 0 Å². The SMILES string of the molecule is O=c1oc2cccnc2n1CCOc1ccc(Cl)cc1. The highest BCUT2D eigenvalue weighted by molar-refractivity contribution is 6.30. The molecule has 1 aromatic carbocycles. The molecule has 20 heavy (non-hydrogen) atoms. The van der Waals surface area contributed by atoms with Crippen LogP contribution in [0, 0.1) is 0 Å². The van der Waals surface area contributed by atoms with Gasteiger partial charge in [-0.05, 0) is 36.4 Å². The maximum Gasteiger partial charge on any atom is 0.421 e. The third-order valence-electron chi connectivity index (χ3n) is 2.82. The number of benzene rings is 1. The second-order valence-corrected chi connectivity index (χ2v) is 4.58.